The monoisotopic (exact) mass is 328 g/mol. The van der Waals surface area contributed by atoms with Gasteiger partial charge in [-0.2, -0.15) is 0 Å². The lowest BCUT2D eigenvalue weighted by Crippen LogP contribution is -2.17. The number of anilines is 1. The summed E-state index contributed by atoms with van der Waals surface area (Å²) in [5.41, 5.74) is 0.888. The smallest absolute Gasteiger partial charge is 0.349 e. The number of fused-ring (bicyclic) bond motifs is 1. The van der Waals surface area contributed by atoms with Gasteiger partial charge in [0.15, 0.2) is 11.7 Å². The Morgan fingerprint density at radius 2 is 1.91 bits per heavy atom. The van der Waals surface area contributed by atoms with Gasteiger partial charge in [-0.05, 0) is 24.3 Å². The summed E-state index contributed by atoms with van der Waals surface area (Å²) in [4.78, 5) is 18.3. The van der Waals surface area contributed by atoms with Crippen LogP contribution in [0.4, 0.5) is 5.13 Å². The molecule has 0 aliphatic carbocycles. The minimum atomic E-state index is -0.439. The predicted molar refractivity (Wildman–Crippen MR) is 91.5 cm³/mol. The Kier molecular flexibility index (Phi) is 4.43. The van der Waals surface area contributed by atoms with Gasteiger partial charge in [-0.1, -0.05) is 29.5 Å². The van der Waals surface area contributed by atoms with Crippen LogP contribution in [-0.2, 0) is 4.79 Å². The van der Waals surface area contributed by atoms with Crippen molar-refractivity contribution in [2.24, 2.45) is 0 Å². The van der Waals surface area contributed by atoms with Crippen LogP contribution in [0.3, 0.4) is 0 Å². The summed E-state index contributed by atoms with van der Waals surface area (Å²) in [6.45, 7) is -0.131. The SMILES string of the molecule is CN(C)c1nc2ccc(OC(=O)COc3ccccc3)cc2s1. The van der Waals surface area contributed by atoms with E-state index in [1.807, 2.05) is 49.3 Å². The second-order valence-corrected chi connectivity index (χ2v) is 6.11. The Bertz CT molecular complexity index is 815. The molecule has 0 radical (unpaired) electrons. The van der Waals surface area contributed by atoms with Crippen molar-refractivity contribution in [1.82, 2.24) is 4.98 Å². The van der Waals surface area contributed by atoms with Crippen LogP contribution in [0.15, 0.2) is 48.5 Å². The Hall–Kier alpha value is -2.60. The summed E-state index contributed by atoms with van der Waals surface area (Å²) in [6, 6.07) is 14.6. The van der Waals surface area contributed by atoms with Gasteiger partial charge in [0.2, 0.25) is 0 Å². The molecule has 0 atom stereocenters. The van der Waals surface area contributed by atoms with E-state index in [1.54, 1.807) is 29.5 Å². The minimum absolute atomic E-state index is 0.131. The Morgan fingerprint density at radius 3 is 2.65 bits per heavy atom. The van der Waals surface area contributed by atoms with Gasteiger partial charge in [-0.25, -0.2) is 9.78 Å². The standard InChI is InChI=1S/C17H16N2O3S/c1-19(2)17-18-14-9-8-13(10-15(14)23-17)22-16(20)11-21-12-6-4-3-5-7-12/h3-10H,11H2,1-2H3. The molecule has 0 unspecified atom stereocenters. The van der Waals surface area contributed by atoms with Crippen molar-refractivity contribution in [2.45, 2.75) is 0 Å². The first-order valence-electron chi connectivity index (χ1n) is 7.08. The Balaban J connectivity index is 1.65. The lowest BCUT2D eigenvalue weighted by molar-refractivity contribution is -0.136. The number of rotatable bonds is 5. The van der Waals surface area contributed by atoms with Crippen molar-refractivity contribution in [2.75, 3.05) is 25.6 Å². The maximum atomic E-state index is 11.9. The Morgan fingerprint density at radius 1 is 1.13 bits per heavy atom. The molecule has 1 aromatic heterocycles. The lowest BCUT2D eigenvalue weighted by Gasteiger charge is -2.06. The minimum Gasteiger partial charge on any atom is -0.482 e. The molecule has 0 bridgehead atoms. The number of carbonyl (C=O) groups is 1. The third-order valence-corrected chi connectivity index (χ3v) is 4.25. The molecule has 1 heterocycles. The van der Waals surface area contributed by atoms with Crippen LogP contribution in [0.2, 0.25) is 0 Å². The maximum absolute atomic E-state index is 11.9. The molecule has 5 nitrogen and oxygen atoms in total. The highest BCUT2D eigenvalue weighted by atomic mass is 32.1. The van der Waals surface area contributed by atoms with Crippen LogP contribution in [0.5, 0.6) is 11.5 Å². The zero-order valence-corrected chi connectivity index (χ0v) is 13.7. The van der Waals surface area contributed by atoms with Gasteiger partial charge in [-0.15, -0.1) is 0 Å². The van der Waals surface area contributed by atoms with Crippen LogP contribution < -0.4 is 14.4 Å². The number of aromatic nitrogens is 1. The molecule has 0 amide bonds. The van der Waals surface area contributed by atoms with Crippen molar-refractivity contribution in [1.29, 1.82) is 0 Å². The quantitative estimate of drug-likeness (QED) is 0.531. The molecule has 0 saturated carbocycles. The summed E-state index contributed by atoms with van der Waals surface area (Å²) < 4.78 is 11.7. The van der Waals surface area contributed by atoms with Crippen LogP contribution in [0, 0.1) is 0 Å². The molecular formula is C17H16N2O3S. The van der Waals surface area contributed by atoms with E-state index < -0.39 is 5.97 Å². The van der Waals surface area contributed by atoms with Crippen molar-refractivity contribution in [3.63, 3.8) is 0 Å². The first kappa shape index (κ1) is 15.3. The highest BCUT2D eigenvalue weighted by Gasteiger charge is 2.10. The van der Waals surface area contributed by atoms with Crippen LogP contribution in [0.25, 0.3) is 10.2 Å². The van der Waals surface area contributed by atoms with E-state index >= 15 is 0 Å². The highest BCUT2D eigenvalue weighted by Crippen LogP contribution is 2.30. The van der Waals surface area contributed by atoms with Gasteiger partial charge in [0.05, 0.1) is 10.2 Å². The molecule has 0 aliphatic heterocycles. The first-order chi connectivity index (χ1) is 11.1. The number of thiazole rings is 1. The summed E-state index contributed by atoms with van der Waals surface area (Å²) in [7, 11) is 3.89. The largest absolute Gasteiger partial charge is 0.482 e. The molecule has 3 rings (SSSR count). The third kappa shape index (κ3) is 3.78. The van der Waals surface area contributed by atoms with Gasteiger partial charge in [-0.3, -0.25) is 0 Å². The summed E-state index contributed by atoms with van der Waals surface area (Å²) in [5, 5.41) is 0.913. The molecule has 6 heteroatoms. The molecular weight excluding hydrogens is 312 g/mol. The van der Waals surface area contributed by atoms with Gasteiger partial charge in [0, 0.05) is 20.2 Å². The van der Waals surface area contributed by atoms with E-state index in [-0.39, 0.29) is 6.61 Å². The average molecular weight is 328 g/mol. The van der Waals surface area contributed by atoms with E-state index in [4.69, 9.17) is 9.47 Å². The van der Waals surface area contributed by atoms with Crippen LogP contribution in [-0.4, -0.2) is 31.7 Å². The molecule has 0 spiro atoms. The molecule has 2 aromatic carbocycles. The van der Waals surface area contributed by atoms with Gasteiger partial charge >= 0.3 is 5.97 Å². The molecule has 0 fully saturated rings. The van der Waals surface area contributed by atoms with Gasteiger partial charge < -0.3 is 14.4 Å². The molecule has 3 aromatic rings. The number of nitrogens with zero attached hydrogens (tertiary/aromatic N) is 2. The fourth-order valence-electron chi connectivity index (χ4n) is 1.97. The predicted octanol–water partition coefficient (Wildman–Crippen LogP) is 3.35. The number of benzene rings is 2. The van der Waals surface area contributed by atoms with Crippen molar-refractivity contribution >= 4 is 32.7 Å². The molecule has 23 heavy (non-hydrogen) atoms. The lowest BCUT2D eigenvalue weighted by atomic mass is 10.3. The number of para-hydroxylation sites is 1. The van der Waals surface area contributed by atoms with E-state index in [0.717, 1.165) is 15.3 Å². The number of carbonyl (C=O) groups excluding carboxylic acids is 1. The summed E-state index contributed by atoms with van der Waals surface area (Å²) in [6.07, 6.45) is 0. The number of hydrogen-bond donors (Lipinski definition) is 0. The Labute approximate surface area is 138 Å². The molecule has 0 N–H and O–H groups in total. The number of ether oxygens (including phenoxy) is 2. The van der Waals surface area contributed by atoms with E-state index in [0.29, 0.717) is 11.5 Å². The molecule has 0 saturated heterocycles. The van der Waals surface area contributed by atoms with E-state index in [2.05, 4.69) is 4.98 Å². The van der Waals surface area contributed by atoms with Crippen molar-refractivity contribution in [3.05, 3.63) is 48.5 Å². The summed E-state index contributed by atoms with van der Waals surface area (Å²) >= 11 is 1.55. The van der Waals surface area contributed by atoms with Gasteiger partial charge in [0.25, 0.3) is 0 Å². The maximum Gasteiger partial charge on any atom is 0.349 e. The second-order valence-electron chi connectivity index (χ2n) is 5.10. The van der Waals surface area contributed by atoms with Crippen LogP contribution >= 0.6 is 11.3 Å². The topological polar surface area (TPSA) is 51.7 Å². The second kappa shape index (κ2) is 6.66. The number of hydrogen-bond acceptors (Lipinski definition) is 6. The fraction of sp³-hybridized carbons (Fsp3) is 0.176. The molecule has 0 aliphatic rings. The first-order valence-corrected chi connectivity index (χ1v) is 7.90. The van der Waals surface area contributed by atoms with Gasteiger partial charge in [0.1, 0.15) is 11.5 Å². The van der Waals surface area contributed by atoms with Crippen molar-refractivity contribution in [3.8, 4) is 11.5 Å². The zero-order chi connectivity index (χ0) is 16.2. The zero-order valence-electron chi connectivity index (χ0n) is 12.9. The normalized spacial score (nSPS) is 10.5. The highest BCUT2D eigenvalue weighted by molar-refractivity contribution is 7.22. The van der Waals surface area contributed by atoms with Crippen LogP contribution in [0.1, 0.15) is 0 Å². The van der Waals surface area contributed by atoms with E-state index in [1.165, 1.54) is 0 Å². The fourth-order valence-corrected chi connectivity index (χ4v) is 2.88. The average Bonchev–Trinajstić information content (AvgIpc) is 2.97. The number of esters is 1. The van der Waals surface area contributed by atoms with E-state index in [9.17, 15) is 4.79 Å². The van der Waals surface area contributed by atoms with Crippen molar-refractivity contribution < 1.29 is 14.3 Å². The third-order valence-electron chi connectivity index (χ3n) is 3.06. The molecule has 118 valence electrons. The summed E-state index contributed by atoms with van der Waals surface area (Å²) in [5.74, 6) is 0.691.